The predicted molar refractivity (Wildman–Crippen MR) is 171 cm³/mol. The van der Waals surface area contributed by atoms with Crippen molar-refractivity contribution in [2.75, 3.05) is 0 Å². The Morgan fingerprint density at radius 1 is 0.500 bits per heavy atom. The van der Waals surface area contributed by atoms with Gasteiger partial charge in [0.1, 0.15) is 0 Å². The standard InChI is InChI=1S/C39H31N5/c40-23-25-6-8-30(9-7-25)33-17-29(24-41)18-34(19-33)38-43-36(31-4-2-1-3-5-31)42-37(44-38)32-10-12-35(13-11-32)39-20-26-14-27(21-39)16-28(15-26)22-39/h1-13,17-19,26-28H,14-16,20-22H2/t26-,27+,28-,39?. The topological polar surface area (TPSA) is 86.2 Å². The van der Waals surface area contributed by atoms with Gasteiger partial charge in [-0.15, -0.1) is 0 Å². The summed E-state index contributed by atoms with van der Waals surface area (Å²) in [7, 11) is 0. The van der Waals surface area contributed by atoms with E-state index in [-0.39, 0.29) is 0 Å². The van der Waals surface area contributed by atoms with Gasteiger partial charge in [-0.3, -0.25) is 0 Å². The van der Waals surface area contributed by atoms with Gasteiger partial charge in [-0.2, -0.15) is 10.5 Å². The number of hydrogen-bond acceptors (Lipinski definition) is 5. The van der Waals surface area contributed by atoms with Crippen LogP contribution in [0.3, 0.4) is 0 Å². The molecule has 9 rings (SSSR count). The zero-order chi connectivity index (χ0) is 29.7. The normalized spacial score (nSPS) is 23.2. The zero-order valence-corrected chi connectivity index (χ0v) is 24.4. The highest BCUT2D eigenvalue weighted by Gasteiger charge is 2.51. The molecule has 5 heteroatoms. The first kappa shape index (κ1) is 26.5. The average molecular weight is 570 g/mol. The Morgan fingerprint density at radius 3 is 1.57 bits per heavy atom. The summed E-state index contributed by atoms with van der Waals surface area (Å²) in [5.41, 5.74) is 7.33. The van der Waals surface area contributed by atoms with Crippen LogP contribution < -0.4 is 0 Å². The summed E-state index contributed by atoms with van der Waals surface area (Å²) in [6, 6.07) is 36.5. The van der Waals surface area contributed by atoms with Gasteiger partial charge in [-0.25, -0.2) is 15.0 Å². The van der Waals surface area contributed by atoms with Gasteiger partial charge in [0.25, 0.3) is 0 Å². The SMILES string of the molecule is N#Cc1ccc(-c2cc(C#N)cc(-c3nc(-c4ccccc4)nc(-c4ccc(C56C[C@H]7C[C@@H](C5)C[C@@H](C6)C7)cc4)n3)c2)cc1. The first-order valence-electron chi connectivity index (χ1n) is 15.6. The Morgan fingerprint density at radius 2 is 1.00 bits per heavy atom. The van der Waals surface area contributed by atoms with Gasteiger partial charge in [-0.05, 0) is 109 Å². The first-order chi connectivity index (χ1) is 21.6. The van der Waals surface area contributed by atoms with Crippen molar-refractivity contribution in [2.24, 2.45) is 17.8 Å². The van der Waals surface area contributed by atoms with Crippen LogP contribution in [0.25, 0.3) is 45.3 Å². The lowest BCUT2D eigenvalue weighted by Crippen LogP contribution is -2.48. The third-order valence-electron chi connectivity index (χ3n) is 10.1. The van der Waals surface area contributed by atoms with Crippen molar-refractivity contribution >= 4 is 0 Å². The van der Waals surface area contributed by atoms with E-state index in [1.165, 1.54) is 44.1 Å². The van der Waals surface area contributed by atoms with E-state index in [9.17, 15) is 10.5 Å². The lowest BCUT2D eigenvalue weighted by molar-refractivity contribution is -0.00518. The summed E-state index contributed by atoms with van der Waals surface area (Å²) in [5.74, 6) is 4.44. The fraction of sp³-hybridized carbons (Fsp3) is 0.256. The van der Waals surface area contributed by atoms with Crippen molar-refractivity contribution in [2.45, 2.75) is 43.9 Å². The molecule has 0 amide bonds. The molecule has 0 saturated heterocycles. The average Bonchev–Trinajstić information content (AvgIpc) is 3.08. The lowest BCUT2D eigenvalue weighted by atomic mass is 9.48. The van der Waals surface area contributed by atoms with Crippen LogP contribution in [0, 0.1) is 40.4 Å². The van der Waals surface area contributed by atoms with Crippen LogP contribution in [-0.2, 0) is 5.41 Å². The second kappa shape index (κ2) is 10.5. The summed E-state index contributed by atoms with van der Waals surface area (Å²) in [4.78, 5) is 14.8. The van der Waals surface area contributed by atoms with E-state index < -0.39 is 0 Å². The van der Waals surface area contributed by atoms with Crippen molar-refractivity contribution in [3.63, 3.8) is 0 Å². The van der Waals surface area contributed by atoms with E-state index >= 15 is 0 Å². The molecule has 0 N–H and O–H groups in total. The number of nitriles is 2. The summed E-state index contributed by atoms with van der Waals surface area (Å²) < 4.78 is 0. The van der Waals surface area contributed by atoms with Crippen molar-refractivity contribution in [1.29, 1.82) is 10.5 Å². The molecule has 1 aromatic heterocycles. The maximum Gasteiger partial charge on any atom is 0.164 e. The van der Waals surface area contributed by atoms with Crippen LogP contribution in [0.4, 0.5) is 0 Å². The molecule has 212 valence electrons. The summed E-state index contributed by atoms with van der Waals surface area (Å²) in [6.45, 7) is 0. The van der Waals surface area contributed by atoms with Crippen LogP contribution in [-0.4, -0.2) is 15.0 Å². The van der Waals surface area contributed by atoms with Gasteiger partial charge in [0.2, 0.25) is 0 Å². The number of nitrogens with zero attached hydrogens (tertiary/aromatic N) is 5. The van der Waals surface area contributed by atoms with Crippen molar-refractivity contribution in [1.82, 2.24) is 15.0 Å². The molecule has 0 aliphatic heterocycles. The highest BCUT2D eigenvalue weighted by atomic mass is 15.0. The molecule has 4 fully saturated rings. The highest BCUT2D eigenvalue weighted by molar-refractivity contribution is 5.74. The third-order valence-corrected chi connectivity index (χ3v) is 10.1. The van der Waals surface area contributed by atoms with Gasteiger partial charge in [0, 0.05) is 16.7 Å². The highest BCUT2D eigenvalue weighted by Crippen LogP contribution is 2.60. The minimum atomic E-state index is 0.340. The molecule has 0 unspecified atom stereocenters. The molecular weight excluding hydrogens is 538 g/mol. The van der Waals surface area contributed by atoms with Gasteiger partial charge >= 0.3 is 0 Å². The second-order valence-electron chi connectivity index (χ2n) is 13.0. The monoisotopic (exact) mass is 569 g/mol. The number of benzene rings is 4. The Kier molecular flexibility index (Phi) is 6.35. The second-order valence-corrected chi connectivity index (χ2v) is 13.0. The van der Waals surface area contributed by atoms with Gasteiger partial charge in [0.05, 0.1) is 23.3 Å². The van der Waals surface area contributed by atoms with Crippen LogP contribution in [0.5, 0.6) is 0 Å². The fourth-order valence-corrected chi connectivity index (χ4v) is 8.51. The van der Waals surface area contributed by atoms with E-state index in [1.807, 2.05) is 60.7 Å². The molecule has 4 aromatic carbocycles. The zero-order valence-electron chi connectivity index (χ0n) is 24.4. The molecule has 5 aromatic rings. The van der Waals surface area contributed by atoms with E-state index in [4.69, 9.17) is 15.0 Å². The molecule has 4 aliphatic carbocycles. The number of rotatable bonds is 5. The molecule has 0 spiro atoms. The Bertz CT molecular complexity index is 1910. The largest absolute Gasteiger partial charge is 0.208 e. The van der Waals surface area contributed by atoms with Crippen molar-refractivity contribution in [3.8, 4) is 57.4 Å². The Hall–Kier alpha value is -5.13. The van der Waals surface area contributed by atoms with Gasteiger partial charge in [0.15, 0.2) is 17.5 Å². The Balaban J connectivity index is 1.21. The molecule has 4 aliphatic rings. The molecule has 5 nitrogen and oxygen atoms in total. The lowest BCUT2D eigenvalue weighted by Gasteiger charge is -2.57. The molecule has 4 saturated carbocycles. The third kappa shape index (κ3) is 4.76. The summed E-state index contributed by atoms with van der Waals surface area (Å²) >= 11 is 0. The fourth-order valence-electron chi connectivity index (χ4n) is 8.51. The van der Waals surface area contributed by atoms with E-state index in [0.717, 1.165) is 45.6 Å². The molecule has 44 heavy (non-hydrogen) atoms. The van der Waals surface area contributed by atoms with Crippen LogP contribution in [0.1, 0.15) is 55.2 Å². The summed E-state index contributed by atoms with van der Waals surface area (Å²) in [5, 5.41) is 19.1. The van der Waals surface area contributed by atoms with E-state index in [0.29, 0.717) is 34.0 Å². The molecule has 1 heterocycles. The molecule has 4 bridgehead atoms. The maximum absolute atomic E-state index is 9.90. The van der Waals surface area contributed by atoms with Crippen LogP contribution in [0.2, 0.25) is 0 Å². The minimum Gasteiger partial charge on any atom is -0.208 e. The van der Waals surface area contributed by atoms with E-state index in [1.54, 1.807) is 12.1 Å². The molecule has 0 radical (unpaired) electrons. The van der Waals surface area contributed by atoms with Crippen molar-refractivity contribution < 1.29 is 0 Å². The van der Waals surface area contributed by atoms with Gasteiger partial charge in [-0.1, -0.05) is 66.7 Å². The number of hydrogen-bond donors (Lipinski definition) is 0. The van der Waals surface area contributed by atoms with Crippen LogP contribution in [0.15, 0.2) is 97.1 Å². The number of aromatic nitrogens is 3. The van der Waals surface area contributed by atoms with Crippen molar-refractivity contribution in [3.05, 3.63) is 114 Å². The predicted octanol–water partition coefficient (Wildman–Crippen LogP) is 8.75. The summed E-state index contributed by atoms with van der Waals surface area (Å²) in [6.07, 6.45) is 8.32. The first-order valence-corrected chi connectivity index (χ1v) is 15.6. The molecular formula is C39H31N5. The van der Waals surface area contributed by atoms with Crippen LogP contribution >= 0.6 is 0 Å². The minimum absolute atomic E-state index is 0.340. The Labute approximate surface area is 257 Å². The van der Waals surface area contributed by atoms with Gasteiger partial charge < -0.3 is 0 Å². The maximum atomic E-state index is 9.90. The smallest absolute Gasteiger partial charge is 0.164 e. The molecule has 0 atom stereocenters. The van der Waals surface area contributed by atoms with E-state index in [2.05, 4.69) is 36.4 Å². The quantitative estimate of drug-likeness (QED) is 0.211.